The fraction of sp³-hybridized carbons (Fsp3) is 0.857. The maximum Gasteiger partial charge on any atom is 0.218 e. The highest BCUT2D eigenvalue weighted by atomic mass is 32.3. The van der Waals surface area contributed by atoms with Crippen LogP contribution in [0.3, 0.4) is 0 Å². The molecule has 0 N–H and O–H groups in total. The van der Waals surface area contributed by atoms with Gasteiger partial charge < -0.3 is 23.9 Å². The lowest BCUT2D eigenvalue weighted by Crippen LogP contribution is -2.50. The molecule has 1 heterocycles. The number of aliphatic carboxylic acids is 1. The molecule has 16 heavy (non-hydrogen) atoms. The minimum Gasteiger partial charge on any atom is -0.726 e. The van der Waals surface area contributed by atoms with Crippen LogP contribution in [0.2, 0.25) is 0 Å². The fourth-order valence-electron chi connectivity index (χ4n) is 1.40. The Hall–Kier alpha value is -0.740. The summed E-state index contributed by atoms with van der Waals surface area (Å²) in [4.78, 5) is 10.5. The summed E-state index contributed by atoms with van der Waals surface area (Å²) in [7, 11) is -3.63. The molecule has 0 amide bonds. The van der Waals surface area contributed by atoms with Gasteiger partial charge in [0.05, 0.1) is 24.8 Å². The highest BCUT2D eigenvalue weighted by Crippen LogP contribution is 2.20. The van der Waals surface area contributed by atoms with E-state index in [2.05, 4.69) is 4.18 Å². The Balaban J connectivity index is 2.65. The number of carboxylic acids is 1. The number of methoxy groups -OCH3 is 1. The lowest BCUT2D eigenvalue weighted by molar-refractivity contribution is -0.321. The first-order valence-electron chi connectivity index (χ1n) is 4.33. The van der Waals surface area contributed by atoms with Gasteiger partial charge in [0.15, 0.2) is 0 Å². The van der Waals surface area contributed by atoms with Crippen molar-refractivity contribution < 1.29 is 36.5 Å². The van der Waals surface area contributed by atoms with Crippen molar-refractivity contribution in [3.63, 3.8) is 0 Å². The maximum atomic E-state index is 10.5. The Morgan fingerprint density at radius 3 is 2.50 bits per heavy atom. The normalized spacial score (nSPS) is 31.2. The van der Waals surface area contributed by atoms with Crippen molar-refractivity contribution in [2.45, 2.75) is 24.7 Å². The molecule has 1 fully saturated rings. The summed E-state index contributed by atoms with van der Waals surface area (Å²) in [6.45, 7) is -0.362. The van der Waals surface area contributed by atoms with Gasteiger partial charge in [-0.15, -0.1) is 0 Å². The second kappa shape index (κ2) is 5.06. The molecule has 9 heteroatoms. The van der Waals surface area contributed by atoms with Crippen molar-refractivity contribution in [1.29, 1.82) is 0 Å². The molecule has 0 bridgehead atoms. The number of carboxylic acid groups (broad SMARTS) is 1. The Bertz CT molecular complexity index is 349. The van der Waals surface area contributed by atoms with Crippen molar-refractivity contribution in [2.24, 2.45) is 0 Å². The fourth-order valence-corrected chi connectivity index (χ4v) is 1.88. The van der Waals surface area contributed by atoms with Gasteiger partial charge in [0.25, 0.3) is 0 Å². The number of ether oxygens (including phenoxy) is 2. The van der Waals surface area contributed by atoms with Crippen LogP contribution in [0.25, 0.3) is 0 Å². The van der Waals surface area contributed by atoms with E-state index < -0.39 is 34.7 Å². The third kappa shape index (κ3) is 3.68. The summed E-state index contributed by atoms with van der Waals surface area (Å²) in [6.07, 6.45) is -3.32. The van der Waals surface area contributed by atoms with E-state index in [-0.39, 0.29) is 13.0 Å². The standard InChI is InChI=1S/C7H12O8S/c1-13-4-2-5(7(8)9)14-3-6(4)15-16(10,11)12/h4-6H,2-3H2,1H3,(H,8,9)(H,10,11,12)/p-2/t4-,5?,6?/m1/s1. The van der Waals surface area contributed by atoms with Crippen LogP contribution in [-0.2, 0) is 28.9 Å². The number of carbonyl (C=O) groups is 1. The number of hydrogen-bond donors (Lipinski definition) is 0. The van der Waals surface area contributed by atoms with Gasteiger partial charge in [-0.1, -0.05) is 0 Å². The molecular weight excluding hydrogens is 244 g/mol. The lowest BCUT2D eigenvalue weighted by atomic mass is 10.0. The van der Waals surface area contributed by atoms with Crippen molar-refractivity contribution in [1.82, 2.24) is 0 Å². The molecule has 1 saturated heterocycles. The topological polar surface area (TPSA) is 125 Å². The van der Waals surface area contributed by atoms with Crippen molar-refractivity contribution in [3.8, 4) is 0 Å². The molecule has 1 aliphatic heterocycles. The number of rotatable bonds is 4. The minimum atomic E-state index is -4.88. The molecule has 0 aromatic carbocycles. The van der Waals surface area contributed by atoms with Crippen LogP contribution < -0.4 is 5.11 Å². The van der Waals surface area contributed by atoms with Gasteiger partial charge in [-0.2, -0.15) is 0 Å². The van der Waals surface area contributed by atoms with Crippen LogP contribution >= 0.6 is 0 Å². The van der Waals surface area contributed by atoms with E-state index in [9.17, 15) is 22.9 Å². The third-order valence-electron chi connectivity index (χ3n) is 2.13. The molecule has 8 nitrogen and oxygen atoms in total. The second-order valence-corrected chi connectivity index (χ2v) is 4.20. The first-order chi connectivity index (χ1) is 7.33. The van der Waals surface area contributed by atoms with Gasteiger partial charge in [0.2, 0.25) is 10.4 Å². The zero-order chi connectivity index (χ0) is 12.3. The average Bonchev–Trinajstić information content (AvgIpc) is 2.15. The summed E-state index contributed by atoms with van der Waals surface area (Å²) >= 11 is 0. The SMILES string of the molecule is CO[C@@H]1CC(C(=O)[O-])OCC1OS(=O)(=O)[O-]. The monoisotopic (exact) mass is 254 g/mol. The van der Waals surface area contributed by atoms with Gasteiger partial charge in [-0.05, 0) is 0 Å². The van der Waals surface area contributed by atoms with E-state index in [4.69, 9.17) is 9.47 Å². The first-order valence-corrected chi connectivity index (χ1v) is 5.66. The summed E-state index contributed by atoms with van der Waals surface area (Å²) in [5.74, 6) is -1.43. The van der Waals surface area contributed by atoms with E-state index in [1.165, 1.54) is 7.11 Å². The van der Waals surface area contributed by atoms with Gasteiger partial charge in [0.1, 0.15) is 6.10 Å². The van der Waals surface area contributed by atoms with Gasteiger partial charge >= 0.3 is 0 Å². The van der Waals surface area contributed by atoms with Crippen molar-refractivity contribution in [3.05, 3.63) is 0 Å². The van der Waals surface area contributed by atoms with Crippen LogP contribution in [0, 0.1) is 0 Å². The Kier molecular flexibility index (Phi) is 4.21. The predicted octanol–water partition coefficient (Wildman–Crippen LogP) is -2.61. The largest absolute Gasteiger partial charge is 0.726 e. The lowest BCUT2D eigenvalue weighted by Gasteiger charge is -2.35. The van der Waals surface area contributed by atoms with E-state index in [1.54, 1.807) is 0 Å². The van der Waals surface area contributed by atoms with Gasteiger partial charge in [-0.3, -0.25) is 4.18 Å². The smallest absolute Gasteiger partial charge is 0.218 e. The molecule has 0 aliphatic carbocycles. The molecule has 0 saturated carbocycles. The molecule has 0 aromatic rings. The zero-order valence-corrected chi connectivity index (χ0v) is 9.14. The predicted molar refractivity (Wildman–Crippen MR) is 44.7 cm³/mol. The first kappa shape index (κ1) is 13.3. The van der Waals surface area contributed by atoms with E-state index >= 15 is 0 Å². The average molecular weight is 254 g/mol. The molecule has 1 rings (SSSR count). The summed E-state index contributed by atoms with van der Waals surface area (Å²) in [5, 5.41) is 10.5. The number of carbonyl (C=O) groups excluding carboxylic acids is 1. The van der Waals surface area contributed by atoms with Crippen molar-refractivity contribution >= 4 is 16.4 Å². The highest BCUT2D eigenvalue weighted by Gasteiger charge is 2.34. The van der Waals surface area contributed by atoms with Crippen LogP contribution in [-0.4, -0.2) is 51.0 Å². The van der Waals surface area contributed by atoms with Crippen LogP contribution in [0.15, 0.2) is 0 Å². The molecule has 0 spiro atoms. The summed E-state index contributed by atoms with van der Waals surface area (Å²) in [6, 6.07) is 0. The molecule has 0 radical (unpaired) electrons. The Morgan fingerprint density at radius 2 is 2.06 bits per heavy atom. The Morgan fingerprint density at radius 1 is 1.44 bits per heavy atom. The molecular formula is C7H10O8S-2. The number of hydrogen-bond acceptors (Lipinski definition) is 8. The summed E-state index contributed by atoms with van der Waals surface area (Å²) < 4.78 is 44.8. The van der Waals surface area contributed by atoms with Crippen LogP contribution in [0.1, 0.15) is 6.42 Å². The quantitative estimate of drug-likeness (QED) is 0.394. The van der Waals surface area contributed by atoms with Crippen molar-refractivity contribution in [2.75, 3.05) is 13.7 Å². The summed E-state index contributed by atoms with van der Waals surface area (Å²) in [5.41, 5.74) is 0. The van der Waals surface area contributed by atoms with Gasteiger partial charge in [0, 0.05) is 13.5 Å². The van der Waals surface area contributed by atoms with Crippen LogP contribution in [0.4, 0.5) is 0 Å². The third-order valence-corrected chi connectivity index (χ3v) is 2.61. The van der Waals surface area contributed by atoms with Crippen LogP contribution in [0.5, 0.6) is 0 Å². The molecule has 0 aromatic heterocycles. The Labute approximate surface area is 92.1 Å². The highest BCUT2D eigenvalue weighted by molar-refractivity contribution is 7.80. The van der Waals surface area contributed by atoms with Gasteiger partial charge in [-0.25, -0.2) is 8.42 Å². The van der Waals surface area contributed by atoms with E-state index in [1.807, 2.05) is 0 Å². The molecule has 94 valence electrons. The molecule has 1 aliphatic rings. The minimum absolute atomic E-state index is 0.140. The molecule has 2 unspecified atom stereocenters. The molecule has 3 atom stereocenters. The second-order valence-electron chi connectivity index (χ2n) is 3.19. The van der Waals surface area contributed by atoms with E-state index in [0.29, 0.717) is 0 Å². The zero-order valence-electron chi connectivity index (χ0n) is 8.32. The van der Waals surface area contributed by atoms with E-state index in [0.717, 1.165) is 0 Å². The maximum absolute atomic E-state index is 10.5.